The van der Waals surface area contributed by atoms with Gasteiger partial charge in [0.1, 0.15) is 5.69 Å². The van der Waals surface area contributed by atoms with Gasteiger partial charge in [-0.3, -0.25) is 4.79 Å². The van der Waals surface area contributed by atoms with Crippen LogP contribution >= 0.6 is 11.3 Å². The Hall–Kier alpha value is -1.33. The third-order valence-corrected chi connectivity index (χ3v) is 3.74. The van der Waals surface area contributed by atoms with E-state index in [0.717, 1.165) is 24.2 Å². The molecule has 0 radical (unpaired) electrons. The van der Waals surface area contributed by atoms with Crippen molar-refractivity contribution in [2.45, 2.75) is 19.9 Å². The lowest BCUT2D eigenvalue weighted by molar-refractivity contribution is 0.0940. The van der Waals surface area contributed by atoms with Gasteiger partial charge >= 0.3 is 0 Å². The number of nitrogens with zero attached hydrogens (tertiary/aromatic N) is 1. The van der Waals surface area contributed by atoms with Gasteiger partial charge in [0, 0.05) is 26.8 Å². The van der Waals surface area contributed by atoms with E-state index in [1.807, 2.05) is 6.07 Å². The molecule has 0 aliphatic heterocycles. The van der Waals surface area contributed by atoms with Gasteiger partial charge in [0.15, 0.2) is 0 Å². The molecule has 0 saturated heterocycles. The van der Waals surface area contributed by atoms with E-state index in [1.165, 1.54) is 4.70 Å². The van der Waals surface area contributed by atoms with Crippen molar-refractivity contribution in [3.05, 3.63) is 23.2 Å². The van der Waals surface area contributed by atoms with Crippen molar-refractivity contribution in [2.24, 2.45) is 0 Å². The van der Waals surface area contributed by atoms with Gasteiger partial charge in [-0.15, -0.1) is 11.3 Å². The molecule has 98 valence electrons. The predicted molar refractivity (Wildman–Crippen MR) is 74.3 cm³/mol. The van der Waals surface area contributed by atoms with Gasteiger partial charge in [0.25, 0.3) is 5.91 Å². The van der Waals surface area contributed by atoms with Crippen LogP contribution in [0.4, 0.5) is 0 Å². The van der Waals surface area contributed by atoms with Gasteiger partial charge in [-0.25, -0.2) is 0 Å². The second kappa shape index (κ2) is 6.02. The molecule has 0 saturated carbocycles. The zero-order chi connectivity index (χ0) is 13.0. The van der Waals surface area contributed by atoms with Crippen molar-refractivity contribution >= 4 is 27.5 Å². The highest BCUT2D eigenvalue weighted by Crippen LogP contribution is 2.25. The zero-order valence-electron chi connectivity index (χ0n) is 10.7. The minimum atomic E-state index is -0.00338. The number of amides is 1. The number of hydrogen-bond donors (Lipinski definition) is 1. The number of rotatable bonds is 6. The molecule has 2 rings (SSSR count). The van der Waals surface area contributed by atoms with E-state index in [0.29, 0.717) is 13.2 Å². The molecule has 0 aromatic carbocycles. The van der Waals surface area contributed by atoms with Crippen LogP contribution in [-0.4, -0.2) is 30.7 Å². The van der Waals surface area contributed by atoms with Crippen LogP contribution in [0.5, 0.6) is 0 Å². The summed E-state index contributed by atoms with van der Waals surface area (Å²) in [6.45, 7) is 4.18. The average Bonchev–Trinajstić information content (AvgIpc) is 2.93. The van der Waals surface area contributed by atoms with Crippen molar-refractivity contribution in [3.8, 4) is 0 Å². The molecule has 0 bridgehead atoms. The molecule has 0 fully saturated rings. The third-order valence-electron chi connectivity index (χ3n) is 2.88. The lowest BCUT2D eigenvalue weighted by Gasteiger charge is -2.08. The molecule has 5 heteroatoms. The normalized spacial score (nSPS) is 11.0. The molecule has 2 aromatic rings. The number of carbonyl (C=O) groups excluding carboxylic acids is 1. The van der Waals surface area contributed by atoms with Gasteiger partial charge in [-0.1, -0.05) is 0 Å². The van der Waals surface area contributed by atoms with Crippen molar-refractivity contribution in [3.63, 3.8) is 0 Å². The Morgan fingerprint density at radius 2 is 2.39 bits per heavy atom. The molecule has 4 nitrogen and oxygen atoms in total. The quantitative estimate of drug-likeness (QED) is 0.816. The number of thiophene rings is 1. The maximum absolute atomic E-state index is 12.1. The number of nitrogens with one attached hydrogen (secondary N) is 1. The summed E-state index contributed by atoms with van der Waals surface area (Å²) in [5.74, 6) is -0.00338. The molecular weight excluding hydrogens is 248 g/mol. The Labute approximate surface area is 111 Å². The Bertz CT molecular complexity index is 530. The summed E-state index contributed by atoms with van der Waals surface area (Å²) in [5.41, 5.74) is 1.89. The van der Waals surface area contributed by atoms with Crippen LogP contribution < -0.4 is 5.32 Å². The minimum Gasteiger partial charge on any atom is -0.385 e. The van der Waals surface area contributed by atoms with E-state index < -0.39 is 0 Å². The van der Waals surface area contributed by atoms with Crippen LogP contribution in [0, 0.1) is 0 Å². The Balaban J connectivity index is 2.09. The largest absolute Gasteiger partial charge is 0.385 e. The summed E-state index contributed by atoms with van der Waals surface area (Å²) >= 11 is 1.67. The molecular formula is C13H18N2O2S. The molecule has 0 aliphatic carbocycles. The molecule has 1 N–H and O–H groups in total. The number of ether oxygens (including phenoxy) is 1. The summed E-state index contributed by atoms with van der Waals surface area (Å²) in [6, 6.07) is 4.03. The SMILES string of the molecule is CCn1c(C(=O)NCCCOC)cc2sccc21. The highest BCUT2D eigenvalue weighted by Gasteiger charge is 2.14. The number of fused-ring (bicyclic) bond motifs is 1. The third kappa shape index (κ3) is 2.57. The van der Waals surface area contributed by atoms with E-state index in [4.69, 9.17) is 4.74 Å². The molecule has 2 aromatic heterocycles. The topological polar surface area (TPSA) is 43.3 Å². The number of aryl methyl sites for hydroxylation is 1. The van der Waals surface area contributed by atoms with E-state index in [2.05, 4.69) is 28.3 Å². The van der Waals surface area contributed by atoms with Crippen molar-refractivity contribution in [1.29, 1.82) is 0 Å². The van der Waals surface area contributed by atoms with E-state index in [-0.39, 0.29) is 5.91 Å². The highest BCUT2D eigenvalue weighted by molar-refractivity contribution is 7.17. The summed E-state index contributed by atoms with van der Waals surface area (Å²) in [4.78, 5) is 12.1. The van der Waals surface area contributed by atoms with Crippen molar-refractivity contribution < 1.29 is 9.53 Å². The van der Waals surface area contributed by atoms with Crippen molar-refractivity contribution in [1.82, 2.24) is 9.88 Å². The maximum atomic E-state index is 12.1. The predicted octanol–water partition coefficient (Wildman–Crippen LogP) is 2.49. The van der Waals surface area contributed by atoms with Crippen molar-refractivity contribution in [2.75, 3.05) is 20.3 Å². The lowest BCUT2D eigenvalue weighted by atomic mass is 10.3. The van der Waals surface area contributed by atoms with E-state index in [9.17, 15) is 4.79 Å². The molecule has 0 unspecified atom stereocenters. The first kappa shape index (κ1) is 13.1. The summed E-state index contributed by atoms with van der Waals surface area (Å²) < 4.78 is 8.17. The molecule has 0 spiro atoms. The van der Waals surface area contributed by atoms with Crippen LogP contribution in [0.3, 0.4) is 0 Å². The van der Waals surface area contributed by atoms with Crippen LogP contribution in [0.1, 0.15) is 23.8 Å². The second-order valence-electron chi connectivity index (χ2n) is 4.05. The van der Waals surface area contributed by atoms with Crippen LogP contribution in [0.2, 0.25) is 0 Å². The Morgan fingerprint density at radius 3 is 3.11 bits per heavy atom. The first-order chi connectivity index (χ1) is 8.77. The van der Waals surface area contributed by atoms with Crippen LogP contribution in [0.15, 0.2) is 17.5 Å². The van der Waals surface area contributed by atoms with Gasteiger partial charge in [0.05, 0.1) is 10.2 Å². The molecule has 0 aliphatic rings. The highest BCUT2D eigenvalue weighted by atomic mass is 32.1. The molecule has 0 atom stereocenters. The van der Waals surface area contributed by atoms with Crippen LogP contribution in [0.25, 0.3) is 10.2 Å². The lowest BCUT2D eigenvalue weighted by Crippen LogP contribution is -2.27. The average molecular weight is 266 g/mol. The van der Waals surface area contributed by atoms with Gasteiger partial charge < -0.3 is 14.6 Å². The molecule has 2 heterocycles. The van der Waals surface area contributed by atoms with E-state index >= 15 is 0 Å². The first-order valence-corrected chi connectivity index (χ1v) is 6.99. The van der Waals surface area contributed by atoms with Gasteiger partial charge in [-0.2, -0.15) is 0 Å². The van der Waals surface area contributed by atoms with Crippen LogP contribution in [-0.2, 0) is 11.3 Å². The molecule has 1 amide bonds. The zero-order valence-corrected chi connectivity index (χ0v) is 11.5. The number of carbonyl (C=O) groups is 1. The summed E-state index contributed by atoms with van der Waals surface area (Å²) in [7, 11) is 1.66. The number of aromatic nitrogens is 1. The molecule has 18 heavy (non-hydrogen) atoms. The fraction of sp³-hybridized carbons (Fsp3) is 0.462. The number of hydrogen-bond acceptors (Lipinski definition) is 3. The summed E-state index contributed by atoms with van der Waals surface area (Å²) in [6.07, 6.45) is 0.837. The summed E-state index contributed by atoms with van der Waals surface area (Å²) in [5, 5.41) is 4.98. The number of methoxy groups -OCH3 is 1. The monoisotopic (exact) mass is 266 g/mol. The maximum Gasteiger partial charge on any atom is 0.267 e. The standard InChI is InChI=1S/C13H18N2O2S/c1-3-15-10-5-8-18-12(10)9-11(15)13(16)14-6-4-7-17-2/h5,8-9H,3-4,6-7H2,1-2H3,(H,14,16). The van der Waals surface area contributed by atoms with Gasteiger partial charge in [0.2, 0.25) is 0 Å². The second-order valence-corrected chi connectivity index (χ2v) is 4.99. The Morgan fingerprint density at radius 1 is 1.56 bits per heavy atom. The Kier molecular flexibility index (Phi) is 4.38. The minimum absolute atomic E-state index is 0.00338. The fourth-order valence-electron chi connectivity index (χ4n) is 2.01. The first-order valence-electron chi connectivity index (χ1n) is 6.11. The van der Waals surface area contributed by atoms with E-state index in [1.54, 1.807) is 18.4 Å². The van der Waals surface area contributed by atoms with Gasteiger partial charge in [-0.05, 0) is 30.9 Å². The smallest absolute Gasteiger partial charge is 0.267 e. The fourth-order valence-corrected chi connectivity index (χ4v) is 2.84.